The molecule has 0 heterocycles. The van der Waals surface area contributed by atoms with E-state index in [1.165, 1.54) is 4.90 Å². The number of halogens is 3. The van der Waals surface area contributed by atoms with Crippen LogP contribution in [0.4, 0.5) is 18.0 Å². The maximum atomic E-state index is 12.8. The molecule has 0 unspecified atom stereocenters. The van der Waals surface area contributed by atoms with Crippen molar-refractivity contribution in [2.45, 2.75) is 50.9 Å². The number of amides is 2. The standard InChI is InChI=1S/C17H23F3N2O/c1-12(13-7-4-3-5-8-13)22(2)16(23)21-15-10-6-9-14(11-15)17(18,19)20/h3-5,7-8,12,14-15H,6,9-11H2,1-2H3,(H,21,23)/t12-,14+,15-/m1/s1. The van der Waals surface area contributed by atoms with Gasteiger partial charge in [0.25, 0.3) is 0 Å². The van der Waals surface area contributed by atoms with Gasteiger partial charge in [-0.15, -0.1) is 0 Å². The molecule has 23 heavy (non-hydrogen) atoms. The zero-order chi connectivity index (χ0) is 17.0. The summed E-state index contributed by atoms with van der Waals surface area (Å²) < 4.78 is 38.5. The van der Waals surface area contributed by atoms with Gasteiger partial charge >= 0.3 is 12.2 Å². The van der Waals surface area contributed by atoms with E-state index in [0.717, 1.165) is 5.56 Å². The van der Waals surface area contributed by atoms with Gasteiger partial charge in [-0.25, -0.2) is 4.79 Å². The molecule has 2 amide bonds. The normalized spacial score (nSPS) is 23.2. The molecule has 1 aromatic rings. The van der Waals surface area contributed by atoms with Gasteiger partial charge < -0.3 is 10.2 Å². The Morgan fingerprint density at radius 1 is 1.26 bits per heavy atom. The highest BCUT2D eigenvalue weighted by atomic mass is 19.4. The smallest absolute Gasteiger partial charge is 0.335 e. The van der Waals surface area contributed by atoms with E-state index < -0.39 is 18.1 Å². The van der Waals surface area contributed by atoms with Crippen LogP contribution in [-0.4, -0.2) is 30.2 Å². The first-order valence-electron chi connectivity index (χ1n) is 7.94. The second kappa shape index (κ2) is 7.23. The second-order valence-corrected chi connectivity index (χ2v) is 6.25. The fourth-order valence-electron chi connectivity index (χ4n) is 3.03. The molecule has 0 radical (unpaired) electrons. The van der Waals surface area contributed by atoms with Crippen molar-refractivity contribution in [2.24, 2.45) is 5.92 Å². The second-order valence-electron chi connectivity index (χ2n) is 6.25. The molecule has 1 N–H and O–H groups in total. The third-order valence-electron chi connectivity index (χ3n) is 4.65. The van der Waals surface area contributed by atoms with Crippen LogP contribution in [0.1, 0.15) is 44.2 Å². The van der Waals surface area contributed by atoms with Crippen LogP contribution in [0.3, 0.4) is 0 Å². The summed E-state index contributed by atoms with van der Waals surface area (Å²) in [7, 11) is 1.66. The van der Waals surface area contributed by atoms with Crippen molar-refractivity contribution in [1.82, 2.24) is 10.2 Å². The third kappa shape index (κ3) is 4.62. The van der Waals surface area contributed by atoms with Gasteiger partial charge in [0, 0.05) is 13.1 Å². The number of carbonyl (C=O) groups excluding carboxylic acids is 1. The molecular weight excluding hydrogens is 305 g/mol. The first kappa shape index (κ1) is 17.6. The van der Waals surface area contributed by atoms with Gasteiger partial charge in [0.15, 0.2) is 0 Å². The molecule has 3 atom stereocenters. The minimum Gasteiger partial charge on any atom is -0.335 e. The molecule has 0 bridgehead atoms. The molecule has 2 rings (SSSR count). The van der Waals surface area contributed by atoms with E-state index in [4.69, 9.17) is 0 Å². The number of rotatable bonds is 3. The molecule has 1 fully saturated rings. The van der Waals surface area contributed by atoms with Gasteiger partial charge in [-0.05, 0) is 31.7 Å². The predicted molar refractivity (Wildman–Crippen MR) is 83.0 cm³/mol. The van der Waals surface area contributed by atoms with E-state index in [-0.39, 0.29) is 24.9 Å². The molecule has 128 valence electrons. The van der Waals surface area contributed by atoms with E-state index >= 15 is 0 Å². The highest BCUT2D eigenvalue weighted by molar-refractivity contribution is 5.74. The summed E-state index contributed by atoms with van der Waals surface area (Å²) in [6.45, 7) is 1.90. The Hall–Kier alpha value is -1.72. The number of alkyl halides is 3. The predicted octanol–water partition coefficient (Wildman–Crippen LogP) is 4.51. The molecule has 0 aliphatic heterocycles. The average Bonchev–Trinajstić information content (AvgIpc) is 2.53. The van der Waals surface area contributed by atoms with Crippen molar-refractivity contribution >= 4 is 6.03 Å². The maximum Gasteiger partial charge on any atom is 0.391 e. The van der Waals surface area contributed by atoms with Crippen LogP contribution < -0.4 is 5.32 Å². The van der Waals surface area contributed by atoms with Gasteiger partial charge in [-0.3, -0.25) is 0 Å². The van der Waals surface area contributed by atoms with Crippen molar-refractivity contribution in [3.8, 4) is 0 Å². The van der Waals surface area contributed by atoms with Crippen LogP contribution in [0.2, 0.25) is 0 Å². The molecular formula is C17H23F3N2O. The summed E-state index contributed by atoms with van der Waals surface area (Å²) in [6.07, 6.45) is -2.94. The van der Waals surface area contributed by atoms with E-state index in [9.17, 15) is 18.0 Å². The van der Waals surface area contributed by atoms with Crippen LogP contribution in [-0.2, 0) is 0 Å². The van der Waals surface area contributed by atoms with Crippen LogP contribution in [0.25, 0.3) is 0 Å². The summed E-state index contributed by atoms with van der Waals surface area (Å²) in [5.74, 6) is -1.31. The number of benzene rings is 1. The number of hydrogen-bond acceptors (Lipinski definition) is 1. The first-order chi connectivity index (χ1) is 10.8. The van der Waals surface area contributed by atoms with Crippen LogP contribution in [0.15, 0.2) is 30.3 Å². The summed E-state index contributed by atoms with van der Waals surface area (Å²) in [5, 5.41) is 2.76. The van der Waals surface area contributed by atoms with Gasteiger partial charge in [-0.2, -0.15) is 13.2 Å². The number of nitrogens with zero attached hydrogens (tertiary/aromatic N) is 1. The van der Waals surface area contributed by atoms with Crippen LogP contribution in [0, 0.1) is 5.92 Å². The minimum absolute atomic E-state index is 0.0250. The number of urea groups is 1. The minimum atomic E-state index is -4.17. The Labute approximate surface area is 134 Å². The Morgan fingerprint density at radius 2 is 1.91 bits per heavy atom. The molecule has 1 aliphatic carbocycles. The lowest BCUT2D eigenvalue weighted by Gasteiger charge is -2.33. The van der Waals surface area contributed by atoms with Gasteiger partial charge in [0.05, 0.1) is 12.0 Å². The SMILES string of the molecule is C[C@H](c1ccccc1)N(C)C(=O)N[C@@H]1CCC[C@H](C(F)(F)F)C1. The van der Waals surface area contributed by atoms with Gasteiger partial charge in [0.1, 0.15) is 0 Å². The van der Waals surface area contributed by atoms with E-state index in [0.29, 0.717) is 12.8 Å². The zero-order valence-corrected chi connectivity index (χ0v) is 13.4. The Bertz CT molecular complexity index is 518. The quantitative estimate of drug-likeness (QED) is 0.870. The van der Waals surface area contributed by atoms with E-state index in [1.54, 1.807) is 7.05 Å². The highest BCUT2D eigenvalue weighted by Crippen LogP contribution is 2.37. The van der Waals surface area contributed by atoms with Crippen LogP contribution in [0.5, 0.6) is 0 Å². The molecule has 1 aromatic carbocycles. The van der Waals surface area contributed by atoms with E-state index in [2.05, 4.69) is 5.32 Å². The number of hydrogen-bond donors (Lipinski definition) is 1. The average molecular weight is 328 g/mol. The summed E-state index contributed by atoms with van der Waals surface area (Å²) >= 11 is 0. The molecule has 1 aliphatic rings. The fourth-order valence-corrected chi connectivity index (χ4v) is 3.03. The molecule has 0 aromatic heterocycles. The first-order valence-corrected chi connectivity index (χ1v) is 7.94. The number of nitrogens with one attached hydrogen (secondary N) is 1. The van der Waals surface area contributed by atoms with Crippen molar-refractivity contribution in [2.75, 3.05) is 7.05 Å². The molecule has 0 spiro atoms. The molecule has 6 heteroatoms. The number of carbonyl (C=O) groups is 1. The third-order valence-corrected chi connectivity index (χ3v) is 4.65. The summed E-state index contributed by atoms with van der Waals surface area (Å²) in [6, 6.07) is 8.67. The monoisotopic (exact) mass is 328 g/mol. The molecule has 1 saturated carbocycles. The largest absolute Gasteiger partial charge is 0.391 e. The lowest BCUT2D eigenvalue weighted by atomic mass is 9.85. The Morgan fingerprint density at radius 3 is 2.52 bits per heavy atom. The Balaban J connectivity index is 1.93. The van der Waals surface area contributed by atoms with Crippen molar-refractivity contribution in [3.63, 3.8) is 0 Å². The van der Waals surface area contributed by atoms with Crippen molar-refractivity contribution in [1.29, 1.82) is 0 Å². The van der Waals surface area contributed by atoms with Gasteiger partial charge in [0.2, 0.25) is 0 Å². The lowest BCUT2D eigenvalue weighted by molar-refractivity contribution is -0.183. The van der Waals surface area contributed by atoms with E-state index in [1.807, 2.05) is 37.3 Å². The topological polar surface area (TPSA) is 32.3 Å². The van der Waals surface area contributed by atoms with Crippen LogP contribution >= 0.6 is 0 Å². The maximum absolute atomic E-state index is 12.8. The fraction of sp³-hybridized carbons (Fsp3) is 0.588. The van der Waals surface area contributed by atoms with Crippen molar-refractivity contribution in [3.05, 3.63) is 35.9 Å². The Kier molecular flexibility index (Phi) is 5.55. The summed E-state index contributed by atoms with van der Waals surface area (Å²) in [4.78, 5) is 13.9. The van der Waals surface area contributed by atoms with Gasteiger partial charge in [-0.1, -0.05) is 36.8 Å². The lowest BCUT2D eigenvalue weighted by Crippen LogP contribution is -2.47. The highest BCUT2D eigenvalue weighted by Gasteiger charge is 2.42. The molecule has 0 saturated heterocycles. The zero-order valence-electron chi connectivity index (χ0n) is 13.4. The van der Waals surface area contributed by atoms with Crippen molar-refractivity contribution < 1.29 is 18.0 Å². The summed E-state index contributed by atoms with van der Waals surface area (Å²) in [5.41, 5.74) is 0.988. The molecule has 3 nitrogen and oxygen atoms in total.